The fourth-order valence-corrected chi connectivity index (χ4v) is 1.34. The summed E-state index contributed by atoms with van der Waals surface area (Å²) >= 11 is 0. The number of esters is 1. The van der Waals surface area contributed by atoms with E-state index in [0.717, 1.165) is 24.3 Å². The van der Waals surface area contributed by atoms with Gasteiger partial charge in [0.15, 0.2) is 5.76 Å². The van der Waals surface area contributed by atoms with Gasteiger partial charge in [-0.3, -0.25) is 4.79 Å². The molecular formula is C8H10N2O3. The summed E-state index contributed by atoms with van der Waals surface area (Å²) in [6.45, 7) is 2.87. The molecule has 0 unspecified atom stereocenters. The lowest BCUT2D eigenvalue weighted by molar-refractivity contribution is -0.132. The number of carbonyl (C=O) groups excluding carboxylic acids is 1. The minimum Gasteiger partial charge on any atom is -0.404 e. The van der Waals surface area contributed by atoms with Gasteiger partial charge in [0.05, 0.1) is 12.1 Å². The van der Waals surface area contributed by atoms with E-state index in [1.807, 2.05) is 0 Å². The van der Waals surface area contributed by atoms with E-state index in [1.54, 1.807) is 0 Å². The van der Waals surface area contributed by atoms with Crippen LogP contribution in [0.25, 0.3) is 0 Å². The van der Waals surface area contributed by atoms with Gasteiger partial charge in [-0.15, -0.1) is 0 Å². The topological polar surface area (TPSA) is 64.4 Å². The van der Waals surface area contributed by atoms with Crippen molar-refractivity contribution in [1.29, 1.82) is 0 Å². The highest BCUT2D eigenvalue weighted by Gasteiger charge is 2.20. The number of nitrogens with one attached hydrogen (secondary N) is 1. The summed E-state index contributed by atoms with van der Waals surface area (Å²) in [6, 6.07) is 0. The highest BCUT2D eigenvalue weighted by Crippen LogP contribution is 2.24. The van der Waals surface area contributed by atoms with Crippen LogP contribution in [0.2, 0.25) is 0 Å². The smallest absolute Gasteiger partial charge is 0.309 e. The molecule has 0 saturated carbocycles. The van der Waals surface area contributed by atoms with Crippen molar-refractivity contribution in [2.45, 2.75) is 19.9 Å². The van der Waals surface area contributed by atoms with E-state index in [4.69, 9.17) is 9.26 Å². The van der Waals surface area contributed by atoms with Crippen LogP contribution in [0.3, 0.4) is 0 Å². The number of nitrogens with zero attached hydrogens (tertiary/aromatic N) is 1. The van der Waals surface area contributed by atoms with Gasteiger partial charge in [-0.05, 0) is 18.1 Å². The SMILES string of the molecule is CC(=O)Oc1noc2c1CCNC2. The molecular weight excluding hydrogens is 172 g/mol. The van der Waals surface area contributed by atoms with Gasteiger partial charge in [-0.1, -0.05) is 0 Å². The van der Waals surface area contributed by atoms with Crippen molar-refractivity contribution in [3.63, 3.8) is 0 Å². The zero-order valence-electron chi connectivity index (χ0n) is 7.29. The third kappa shape index (κ3) is 1.55. The number of hydrogen-bond acceptors (Lipinski definition) is 5. The predicted octanol–water partition coefficient (Wildman–Crippen LogP) is 0.246. The molecule has 5 heteroatoms. The lowest BCUT2D eigenvalue weighted by Crippen LogP contribution is -2.22. The molecule has 0 spiro atoms. The summed E-state index contributed by atoms with van der Waals surface area (Å²) < 4.78 is 9.88. The van der Waals surface area contributed by atoms with E-state index in [-0.39, 0.29) is 5.97 Å². The van der Waals surface area contributed by atoms with E-state index in [9.17, 15) is 4.79 Å². The average molecular weight is 182 g/mol. The Hall–Kier alpha value is -1.36. The lowest BCUT2D eigenvalue weighted by Gasteiger charge is -2.09. The second-order valence-corrected chi connectivity index (χ2v) is 2.91. The van der Waals surface area contributed by atoms with Crippen LogP contribution in [-0.2, 0) is 17.8 Å². The lowest BCUT2D eigenvalue weighted by atomic mass is 10.1. The first-order valence-electron chi connectivity index (χ1n) is 4.14. The highest BCUT2D eigenvalue weighted by molar-refractivity contribution is 5.69. The van der Waals surface area contributed by atoms with Gasteiger partial charge < -0.3 is 14.6 Å². The molecule has 0 atom stereocenters. The van der Waals surface area contributed by atoms with Crippen LogP contribution < -0.4 is 10.1 Å². The summed E-state index contributed by atoms with van der Waals surface area (Å²) in [6.07, 6.45) is 0.793. The molecule has 0 saturated heterocycles. The molecule has 1 aliphatic heterocycles. The largest absolute Gasteiger partial charge is 0.404 e. The third-order valence-corrected chi connectivity index (χ3v) is 1.91. The summed E-state index contributed by atoms with van der Waals surface area (Å²) in [5.74, 6) is 0.723. The summed E-state index contributed by atoms with van der Waals surface area (Å²) in [5, 5.41) is 6.81. The van der Waals surface area contributed by atoms with Crippen molar-refractivity contribution in [2.75, 3.05) is 6.54 Å². The van der Waals surface area contributed by atoms with Gasteiger partial charge in [0.2, 0.25) is 0 Å². The molecule has 5 nitrogen and oxygen atoms in total. The van der Waals surface area contributed by atoms with Crippen molar-refractivity contribution in [3.05, 3.63) is 11.3 Å². The monoisotopic (exact) mass is 182 g/mol. The molecule has 2 rings (SSSR count). The number of rotatable bonds is 1. The molecule has 0 aromatic carbocycles. The zero-order valence-corrected chi connectivity index (χ0v) is 7.29. The van der Waals surface area contributed by atoms with E-state index in [0.29, 0.717) is 12.4 Å². The Morgan fingerprint density at radius 2 is 2.54 bits per heavy atom. The highest BCUT2D eigenvalue weighted by atomic mass is 16.6. The van der Waals surface area contributed by atoms with Crippen molar-refractivity contribution in [2.24, 2.45) is 0 Å². The number of aromatic nitrogens is 1. The molecule has 0 aliphatic carbocycles. The molecule has 13 heavy (non-hydrogen) atoms. The Balaban J connectivity index is 2.26. The van der Waals surface area contributed by atoms with E-state index in [2.05, 4.69) is 10.5 Å². The summed E-state index contributed by atoms with van der Waals surface area (Å²) in [7, 11) is 0. The summed E-state index contributed by atoms with van der Waals surface area (Å²) in [5.41, 5.74) is 0.911. The van der Waals surface area contributed by atoms with Crippen LogP contribution in [0.5, 0.6) is 5.88 Å². The normalized spacial score (nSPS) is 15.2. The number of ether oxygens (including phenoxy) is 1. The van der Waals surface area contributed by atoms with Gasteiger partial charge in [0.1, 0.15) is 0 Å². The van der Waals surface area contributed by atoms with Crippen molar-refractivity contribution in [3.8, 4) is 5.88 Å². The Labute approximate surface area is 75.0 Å². The standard InChI is InChI=1S/C8H10N2O3/c1-5(11)12-8-6-2-3-9-4-7(6)13-10-8/h9H,2-4H2,1H3. The maximum Gasteiger partial charge on any atom is 0.309 e. The molecule has 1 aromatic rings. The Bertz CT molecular complexity index is 332. The Kier molecular flexibility index (Phi) is 2.02. The van der Waals surface area contributed by atoms with Crippen LogP contribution in [0, 0.1) is 0 Å². The quantitative estimate of drug-likeness (QED) is 0.630. The van der Waals surface area contributed by atoms with Gasteiger partial charge in [-0.2, -0.15) is 0 Å². The van der Waals surface area contributed by atoms with Crippen LogP contribution in [0.15, 0.2) is 4.52 Å². The van der Waals surface area contributed by atoms with Crippen molar-refractivity contribution < 1.29 is 14.1 Å². The van der Waals surface area contributed by atoms with Gasteiger partial charge >= 0.3 is 5.97 Å². The molecule has 1 aromatic heterocycles. The zero-order chi connectivity index (χ0) is 9.26. The second kappa shape index (κ2) is 3.18. The molecule has 0 amide bonds. The van der Waals surface area contributed by atoms with E-state index < -0.39 is 0 Å². The fraction of sp³-hybridized carbons (Fsp3) is 0.500. The number of carbonyl (C=O) groups is 1. The molecule has 1 N–H and O–H groups in total. The minimum absolute atomic E-state index is 0.323. The maximum atomic E-state index is 10.7. The fourth-order valence-electron chi connectivity index (χ4n) is 1.34. The Morgan fingerprint density at radius 3 is 3.31 bits per heavy atom. The first kappa shape index (κ1) is 8.25. The number of hydrogen-bond donors (Lipinski definition) is 1. The molecule has 70 valence electrons. The minimum atomic E-state index is -0.366. The van der Waals surface area contributed by atoms with Crippen LogP contribution in [0.4, 0.5) is 0 Å². The van der Waals surface area contributed by atoms with Gasteiger partial charge in [0.25, 0.3) is 5.88 Å². The summed E-state index contributed by atoms with van der Waals surface area (Å²) in [4.78, 5) is 10.7. The molecule has 2 heterocycles. The average Bonchev–Trinajstić information content (AvgIpc) is 2.48. The van der Waals surface area contributed by atoms with Crippen molar-refractivity contribution >= 4 is 5.97 Å². The van der Waals surface area contributed by atoms with E-state index in [1.165, 1.54) is 6.92 Å². The molecule has 1 aliphatic rings. The van der Waals surface area contributed by atoms with Crippen LogP contribution in [-0.4, -0.2) is 17.7 Å². The van der Waals surface area contributed by atoms with E-state index >= 15 is 0 Å². The Morgan fingerprint density at radius 1 is 1.69 bits per heavy atom. The van der Waals surface area contributed by atoms with Gasteiger partial charge in [0, 0.05) is 6.92 Å². The van der Waals surface area contributed by atoms with Crippen LogP contribution >= 0.6 is 0 Å². The predicted molar refractivity (Wildman–Crippen MR) is 43.2 cm³/mol. The number of fused-ring (bicyclic) bond motifs is 1. The first-order valence-corrected chi connectivity index (χ1v) is 4.14. The molecule has 0 fully saturated rings. The third-order valence-electron chi connectivity index (χ3n) is 1.91. The maximum absolute atomic E-state index is 10.7. The van der Waals surface area contributed by atoms with Crippen molar-refractivity contribution in [1.82, 2.24) is 10.5 Å². The van der Waals surface area contributed by atoms with Gasteiger partial charge in [-0.25, -0.2) is 0 Å². The van der Waals surface area contributed by atoms with Crippen LogP contribution in [0.1, 0.15) is 18.2 Å². The first-order chi connectivity index (χ1) is 6.27. The molecule has 0 bridgehead atoms. The molecule has 0 radical (unpaired) electrons. The second-order valence-electron chi connectivity index (χ2n) is 2.91.